The summed E-state index contributed by atoms with van der Waals surface area (Å²) >= 11 is 0. The van der Waals surface area contributed by atoms with Gasteiger partial charge in [-0.2, -0.15) is 0 Å². The second-order valence-electron chi connectivity index (χ2n) is 4.94. The molecule has 1 N–H and O–H groups in total. The molecule has 0 aliphatic heterocycles. The summed E-state index contributed by atoms with van der Waals surface area (Å²) in [6.45, 7) is 9.84. The maximum Gasteiger partial charge on any atom is 0.119 e. The van der Waals surface area contributed by atoms with Crippen LogP contribution in [0.3, 0.4) is 0 Å². The molecule has 108 valence electrons. The number of hydrogen-bond acceptors (Lipinski definition) is 3. The van der Waals surface area contributed by atoms with Gasteiger partial charge in [0.25, 0.3) is 0 Å². The van der Waals surface area contributed by atoms with Crippen LogP contribution in [0.25, 0.3) is 0 Å². The average molecular weight is 265 g/mol. The van der Waals surface area contributed by atoms with Crippen molar-refractivity contribution < 1.29 is 9.47 Å². The Morgan fingerprint density at radius 2 is 1.89 bits per heavy atom. The Labute approximate surface area is 117 Å². The molecular formula is C16H27NO2. The fourth-order valence-corrected chi connectivity index (χ4v) is 2.35. The van der Waals surface area contributed by atoms with E-state index < -0.39 is 0 Å². The minimum Gasteiger partial charge on any atom is -0.494 e. The second kappa shape index (κ2) is 8.18. The Kier molecular flexibility index (Phi) is 6.89. The van der Waals surface area contributed by atoms with Crippen LogP contribution < -0.4 is 10.1 Å². The highest BCUT2D eigenvalue weighted by Gasteiger charge is 2.25. The van der Waals surface area contributed by atoms with Gasteiger partial charge in [-0.15, -0.1) is 0 Å². The van der Waals surface area contributed by atoms with E-state index in [2.05, 4.69) is 31.3 Å². The predicted molar refractivity (Wildman–Crippen MR) is 79.7 cm³/mol. The van der Waals surface area contributed by atoms with Crippen molar-refractivity contribution in [2.75, 3.05) is 20.3 Å². The Morgan fingerprint density at radius 3 is 2.42 bits per heavy atom. The molecule has 0 radical (unpaired) electrons. The molecule has 0 saturated heterocycles. The van der Waals surface area contributed by atoms with E-state index in [0.717, 1.165) is 12.4 Å². The van der Waals surface area contributed by atoms with Crippen LogP contribution in [-0.2, 0) is 4.74 Å². The fraction of sp³-hybridized carbons (Fsp3) is 0.625. The van der Waals surface area contributed by atoms with Gasteiger partial charge in [0.15, 0.2) is 0 Å². The highest BCUT2D eigenvalue weighted by Crippen LogP contribution is 2.27. The Hall–Kier alpha value is -1.06. The van der Waals surface area contributed by atoms with Crippen molar-refractivity contribution in [1.29, 1.82) is 0 Å². The van der Waals surface area contributed by atoms with Gasteiger partial charge in [-0.1, -0.05) is 26.0 Å². The summed E-state index contributed by atoms with van der Waals surface area (Å²) in [7, 11) is 1.98. The molecule has 3 nitrogen and oxygen atoms in total. The van der Waals surface area contributed by atoms with Crippen molar-refractivity contribution in [1.82, 2.24) is 5.32 Å². The zero-order chi connectivity index (χ0) is 14.3. The lowest BCUT2D eigenvalue weighted by Gasteiger charge is -2.30. The number of likely N-dealkylation sites (N-methyl/N-ethyl adjacent to an activating group) is 1. The minimum atomic E-state index is 0.159. The van der Waals surface area contributed by atoms with Crippen LogP contribution in [0.5, 0.6) is 5.75 Å². The highest BCUT2D eigenvalue weighted by molar-refractivity contribution is 5.31. The van der Waals surface area contributed by atoms with Gasteiger partial charge >= 0.3 is 0 Å². The number of ether oxygens (including phenoxy) is 2. The Morgan fingerprint density at radius 1 is 1.16 bits per heavy atom. The van der Waals surface area contributed by atoms with Gasteiger partial charge in [0.1, 0.15) is 5.75 Å². The predicted octanol–water partition coefficient (Wildman–Crippen LogP) is 3.41. The third-order valence-electron chi connectivity index (χ3n) is 3.18. The van der Waals surface area contributed by atoms with Gasteiger partial charge in [0.05, 0.1) is 18.8 Å². The molecule has 3 heteroatoms. The summed E-state index contributed by atoms with van der Waals surface area (Å²) in [6.07, 6.45) is 0.159. The first kappa shape index (κ1) is 16.0. The average Bonchev–Trinajstić information content (AvgIpc) is 2.39. The number of rotatable bonds is 8. The van der Waals surface area contributed by atoms with E-state index in [9.17, 15) is 0 Å². The maximum absolute atomic E-state index is 5.91. The Balaban J connectivity index is 2.96. The van der Waals surface area contributed by atoms with Crippen molar-refractivity contribution in [2.24, 2.45) is 5.92 Å². The van der Waals surface area contributed by atoms with Crippen LogP contribution in [-0.4, -0.2) is 26.4 Å². The van der Waals surface area contributed by atoms with E-state index in [1.165, 1.54) is 5.56 Å². The molecule has 0 bridgehead atoms. The molecule has 0 heterocycles. The van der Waals surface area contributed by atoms with Crippen LogP contribution >= 0.6 is 0 Å². The molecule has 0 aliphatic rings. The molecule has 0 amide bonds. The molecule has 0 saturated carbocycles. The molecule has 0 aliphatic carbocycles. The lowest BCUT2D eigenvalue weighted by molar-refractivity contribution is 0.00456. The van der Waals surface area contributed by atoms with E-state index in [4.69, 9.17) is 9.47 Å². The van der Waals surface area contributed by atoms with Crippen LogP contribution in [0.1, 0.15) is 39.3 Å². The van der Waals surface area contributed by atoms with E-state index in [0.29, 0.717) is 12.5 Å². The summed E-state index contributed by atoms with van der Waals surface area (Å²) in [5.41, 5.74) is 1.21. The topological polar surface area (TPSA) is 30.5 Å². The van der Waals surface area contributed by atoms with Crippen molar-refractivity contribution in [3.63, 3.8) is 0 Å². The van der Waals surface area contributed by atoms with Crippen LogP contribution in [0.2, 0.25) is 0 Å². The van der Waals surface area contributed by atoms with Gasteiger partial charge in [-0.25, -0.2) is 0 Å². The zero-order valence-corrected chi connectivity index (χ0v) is 12.8. The van der Waals surface area contributed by atoms with E-state index in [1.54, 1.807) is 0 Å². The van der Waals surface area contributed by atoms with Crippen LogP contribution in [0, 0.1) is 5.92 Å². The van der Waals surface area contributed by atoms with Gasteiger partial charge in [0, 0.05) is 6.61 Å². The first-order valence-corrected chi connectivity index (χ1v) is 7.15. The summed E-state index contributed by atoms with van der Waals surface area (Å²) < 4.78 is 11.5. The Bertz CT molecular complexity index is 366. The van der Waals surface area contributed by atoms with Gasteiger partial charge in [0.2, 0.25) is 0 Å². The molecular weight excluding hydrogens is 238 g/mol. The molecule has 0 fully saturated rings. The standard InChI is InChI=1S/C16H27NO2/c1-6-18-14-10-8-9-13(11-14)15(17-5)16(12(3)4)19-7-2/h8-12,15-17H,6-7H2,1-5H3. The van der Waals surface area contributed by atoms with E-state index in [1.807, 2.05) is 33.0 Å². The number of hydrogen-bond donors (Lipinski definition) is 1. The van der Waals surface area contributed by atoms with Crippen molar-refractivity contribution in [3.8, 4) is 5.75 Å². The molecule has 1 aromatic rings. The molecule has 1 rings (SSSR count). The summed E-state index contributed by atoms with van der Waals surface area (Å²) in [5, 5.41) is 3.37. The molecule has 2 unspecified atom stereocenters. The molecule has 0 aromatic heterocycles. The van der Waals surface area contributed by atoms with E-state index >= 15 is 0 Å². The SMILES string of the molecule is CCOc1cccc(C(NC)C(OCC)C(C)C)c1. The van der Waals surface area contributed by atoms with Crippen molar-refractivity contribution in [3.05, 3.63) is 29.8 Å². The van der Waals surface area contributed by atoms with E-state index in [-0.39, 0.29) is 12.1 Å². The maximum atomic E-state index is 5.91. The summed E-state index contributed by atoms with van der Waals surface area (Å²) in [5.74, 6) is 1.37. The third-order valence-corrected chi connectivity index (χ3v) is 3.18. The number of nitrogens with one attached hydrogen (secondary N) is 1. The smallest absolute Gasteiger partial charge is 0.119 e. The highest BCUT2D eigenvalue weighted by atomic mass is 16.5. The first-order valence-electron chi connectivity index (χ1n) is 7.15. The lowest BCUT2D eigenvalue weighted by Crippen LogP contribution is -2.35. The molecule has 0 spiro atoms. The molecule has 2 atom stereocenters. The van der Waals surface area contributed by atoms with Crippen LogP contribution in [0.15, 0.2) is 24.3 Å². The largest absolute Gasteiger partial charge is 0.494 e. The lowest BCUT2D eigenvalue weighted by atomic mass is 9.93. The van der Waals surface area contributed by atoms with Gasteiger partial charge < -0.3 is 14.8 Å². The molecule has 19 heavy (non-hydrogen) atoms. The monoisotopic (exact) mass is 265 g/mol. The second-order valence-corrected chi connectivity index (χ2v) is 4.94. The van der Waals surface area contributed by atoms with Gasteiger partial charge in [-0.05, 0) is 44.5 Å². The minimum absolute atomic E-state index is 0.159. The third kappa shape index (κ3) is 4.51. The van der Waals surface area contributed by atoms with Crippen LogP contribution in [0.4, 0.5) is 0 Å². The van der Waals surface area contributed by atoms with Crippen molar-refractivity contribution >= 4 is 0 Å². The number of benzene rings is 1. The summed E-state index contributed by atoms with van der Waals surface area (Å²) in [6, 6.07) is 8.43. The van der Waals surface area contributed by atoms with Gasteiger partial charge in [-0.3, -0.25) is 0 Å². The molecule has 1 aromatic carbocycles. The first-order chi connectivity index (χ1) is 9.13. The zero-order valence-electron chi connectivity index (χ0n) is 12.8. The quantitative estimate of drug-likeness (QED) is 0.781. The normalized spacial score (nSPS) is 14.4. The fourth-order valence-electron chi connectivity index (χ4n) is 2.35. The summed E-state index contributed by atoms with van der Waals surface area (Å²) in [4.78, 5) is 0. The van der Waals surface area contributed by atoms with Crippen molar-refractivity contribution in [2.45, 2.75) is 39.8 Å².